The molecule has 0 aromatic heterocycles. The number of rotatable bonds is 7. The van der Waals surface area contributed by atoms with Gasteiger partial charge in [-0.15, -0.1) is 0 Å². The van der Waals surface area contributed by atoms with Gasteiger partial charge in [-0.05, 0) is 40.2 Å². The molecule has 0 atom stereocenters. The summed E-state index contributed by atoms with van der Waals surface area (Å²) in [5.41, 5.74) is 0.922. The van der Waals surface area contributed by atoms with Crippen LogP contribution in [0, 0.1) is 0 Å². The summed E-state index contributed by atoms with van der Waals surface area (Å²) in [7, 11) is -2.67. The van der Waals surface area contributed by atoms with Gasteiger partial charge in [0.05, 0.1) is 5.60 Å². The second-order valence-corrected chi connectivity index (χ2v) is 7.93. The average Bonchev–Trinajstić information content (AvgIpc) is 2.28. The topological polar surface area (TPSA) is 27.7 Å². The van der Waals surface area contributed by atoms with Crippen molar-refractivity contribution in [3.05, 3.63) is 35.9 Å². The lowest BCUT2D eigenvalue weighted by atomic mass is 10.2. The maximum absolute atomic E-state index is 6.20. The Hall–Kier alpha value is -0.683. The molecular weight excluding hydrogens is 256 g/mol. The zero-order valence-electron chi connectivity index (χ0n) is 12.7. The van der Waals surface area contributed by atoms with E-state index in [0.717, 1.165) is 0 Å². The molecule has 3 nitrogen and oxygen atoms in total. The fourth-order valence-corrected chi connectivity index (χ4v) is 5.02. The number of benzene rings is 1. The summed E-state index contributed by atoms with van der Waals surface area (Å²) in [6.45, 7) is 11.3. The first-order valence-corrected chi connectivity index (χ1v) is 8.86. The second kappa shape index (κ2) is 7.19. The third-order valence-corrected chi connectivity index (χ3v) is 5.68. The van der Waals surface area contributed by atoms with Crippen molar-refractivity contribution in [1.82, 2.24) is 0 Å². The second-order valence-electron chi connectivity index (χ2n) is 5.43. The lowest BCUT2D eigenvalue weighted by Crippen LogP contribution is -2.52. The number of hydrogen-bond donors (Lipinski definition) is 0. The van der Waals surface area contributed by atoms with Gasteiger partial charge in [0.25, 0.3) is 0 Å². The molecule has 0 amide bonds. The normalized spacial score (nSPS) is 12.7. The van der Waals surface area contributed by atoms with Crippen molar-refractivity contribution in [3.63, 3.8) is 0 Å². The van der Waals surface area contributed by atoms with Gasteiger partial charge in [-0.2, -0.15) is 0 Å². The van der Waals surface area contributed by atoms with Gasteiger partial charge in [-0.25, -0.2) is 0 Å². The molecular formula is C15H26O3Si. The van der Waals surface area contributed by atoms with E-state index in [1.54, 1.807) is 0 Å². The van der Waals surface area contributed by atoms with Crippen LogP contribution in [-0.2, 0) is 19.3 Å². The summed E-state index contributed by atoms with van der Waals surface area (Å²) in [4.78, 5) is 0. The van der Waals surface area contributed by atoms with E-state index in [9.17, 15) is 0 Å². The summed E-state index contributed by atoms with van der Waals surface area (Å²) in [6, 6.07) is 11.0. The maximum Gasteiger partial charge on any atom is 0.505 e. The molecule has 19 heavy (non-hydrogen) atoms. The van der Waals surface area contributed by atoms with Crippen LogP contribution < -0.4 is 0 Å². The summed E-state index contributed by atoms with van der Waals surface area (Å²) >= 11 is 0. The van der Waals surface area contributed by atoms with Gasteiger partial charge in [-0.3, -0.25) is 0 Å². The average molecular weight is 282 g/mol. The third-order valence-electron chi connectivity index (χ3n) is 2.45. The highest BCUT2D eigenvalue weighted by atomic mass is 28.4. The van der Waals surface area contributed by atoms with Crippen molar-refractivity contribution < 1.29 is 13.3 Å². The Morgan fingerprint density at radius 3 is 1.89 bits per heavy atom. The van der Waals surface area contributed by atoms with Gasteiger partial charge in [0.2, 0.25) is 0 Å². The van der Waals surface area contributed by atoms with Gasteiger partial charge in [-0.1, -0.05) is 30.3 Å². The van der Waals surface area contributed by atoms with Crippen molar-refractivity contribution in [2.45, 2.75) is 46.3 Å². The van der Waals surface area contributed by atoms with Gasteiger partial charge in [0.1, 0.15) is 0 Å². The van der Waals surface area contributed by atoms with Crippen molar-refractivity contribution in [1.29, 1.82) is 0 Å². The first kappa shape index (κ1) is 16.4. The van der Waals surface area contributed by atoms with E-state index < -0.39 is 8.80 Å². The van der Waals surface area contributed by atoms with E-state index in [2.05, 4.69) is 12.1 Å². The molecule has 0 aliphatic heterocycles. The molecule has 0 aliphatic rings. The van der Waals surface area contributed by atoms with Crippen LogP contribution in [0.4, 0.5) is 0 Å². The molecule has 0 spiro atoms. The highest BCUT2D eigenvalue weighted by Crippen LogP contribution is 2.23. The third kappa shape index (κ3) is 5.87. The standard InChI is InChI=1S/C15H26O3Si/c1-6-16-19(17-7-2,18-15(3,4)5)13-14-11-9-8-10-12-14/h8-12H,6-7,13H2,1-5H3. The molecule has 4 heteroatoms. The quantitative estimate of drug-likeness (QED) is 0.715. The molecule has 0 heterocycles. The van der Waals surface area contributed by atoms with Crippen LogP contribution in [-0.4, -0.2) is 27.6 Å². The molecule has 1 aromatic rings. The van der Waals surface area contributed by atoms with E-state index in [0.29, 0.717) is 19.3 Å². The smallest absolute Gasteiger partial charge is 0.374 e. The fraction of sp³-hybridized carbons (Fsp3) is 0.600. The molecule has 0 radical (unpaired) electrons. The Bertz CT molecular complexity index is 353. The number of hydrogen-bond acceptors (Lipinski definition) is 3. The molecule has 1 rings (SSSR count). The SMILES string of the molecule is CCO[Si](Cc1ccccc1)(OCC)OC(C)(C)C. The summed E-state index contributed by atoms with van der Waals surface area (Å²) in [6.07, 6.45) is 0. The van der Waals surface area contributed by atoms with Crippen molar-refractivity contribution in [2.75, 3.05) is 13.2 Å². The van der Waals surface area contributed by atoms with Gasteiger partial charge in [0, 0.05) is 19.3 Å². The van der Waals surface area contributed by atoms with Crippen molar-refractivity contribution in [3.8, 4) is 0 Å². The molecule has 108 valence electrons. The van der Waals surface area contributed by atoms with Crippen LogP contribution in [0.1, 0.15) is 40.2 Å². The maximum atomic E-state index is 6.20. The minimum absolute atomic E-state index is 0.272. The molecule has 0 saturated heterocycles. The van der Waals surface area contributed by atoms with Crippen LogP contribution in [0.2, 0.25) is 0 Å². The van der Waals surface area contributed by atoms with Crippen LogP contribution in [0.3, 0.4) is 0 Å². The van der Waals surface area contributed by atoms with Crippen LogP contribution in [0.15, 0.2) is 30.3 Å². The molecule has 0 saturated carbocycles. The zero-order chi connectivity index (χ0) is 14.4. The highest BCUT2D eigenvalue weighted by molar-refractivity contribution is 6.60. The first-order chi connectivity index (χ1) is 8.91. The van der Waals surface area contributed by atoms with E-state index in [1.165, 1.54) is 5.56 Å². The Balaban J connectivity index is 2.94. The van der Waals surface area contributed by atoms with E-state index in [1.807, 2.05) is 52.8 Å². The van der Waals surface area contributed by atoms with Gasteiger partial charge >= 0.3 is 8.80 Å². The minimum atomic E-state index is -2.67. The molecule has 0 unspecified atom stereocenters. The monoisotopic (exact) mass is 282 g/mol. The summed E-state index contributed by atoms with van der Waals surface area (Å²) in [5, 5.41) is 0. The lowest BCUT2D eigenvalue weighted by Gasteiger charge is -2.35. The molecule has 0 N–H and O–H groups in total. The largest absolute Gasteiger partial charge is 0.505 e. The van der Waals surface area contributed by atoms with Gasteiger partial charge in [0.15, 0.2) is 0 Å². The Morgan fingerprint density at radius 1 is 0.947 bits per heavy atom. The predicted octanol–water partition coefficient (Wildman–Crippen LogP) is 3.60. The summed E-state index contributed by atoms with van der Waals surface area (Å²) < 4.78 is 18.1. The Kier molecular flexibility index (Phi) is 6.20. The molecule has 1 aromatic carbocycles. The van der Waals surface area contributed by atoms with Gasteiger partial charge < -0.3 is 13.3 Å². The van der Waals surface area contributed by atoms with Crippen molar-refractivity contribution >= 4 is 8.80 Å². The Labute approximate surface area is 118 Å². The fourth-order valence-electron chi connectivity index (χ4n) is 1.99. The van der Waals surface area contributed by atoms with Crippen LogP contribution >= 0.6 is 0 Å². The summed E-state index contributed by atoms with van der Waals surface area (Å²) in [5.74, 6) is 0. The molecule has 0 fully saturated rings. The van der Waals surface area contributed by atoms with E-state index >= 15 is 0 Å². The minimum Gasteiger partial charge on any atom is -0.374 e. The zero-order valence-corrected chi connectivity index (χ0v) is 13.7. The van der Waals surface area contributed by atoms with E-state index in [4.69, 9.17) is 13.3 Å². The predicted molar refractivity (Wildman–Crippen MR) is 80.0 cm³/mol. The highest BCUT2D eigenvalue weighted by Gasteiger charge is 2.44. The lowest BCUT2D eigenvalue weighted by molar-refractivity contribution is -0.00128. The Morgan fingerprint density at radius 2 is 1.47 bits per heavy atom. The molecule has 0 aliphatic carbocycles. The van der Waals surface area contributed by atoms with Crippen LogP contribution in [0.5, 0.6) is 0 Å². The molecule has 0 bridgehead atoms. The van der Waals surface area contributed by atoms with E-state index in [-0.39, 0.29) is 5.60 Å². The first-order valence-electron chi connectivity index (χ1n) is 6.93. The van der Waals surface area contributed by atoms with Crippen LogP contribution in [0.25, 0.3) is 0 Å². The van der Waals surface area contributed by atoms with Crippen molar-refractivity contribution in [2.24, 2.45) is 0 Å².